The third-order valence-electron chi connectivity index (χ3n) is 6.09. The molecule has 3 rings (SSSR count). The van der Waals surface area contributed by atoms with Crippen molar-refractivity contribution in [3.8, 4) is 5.75 Å². The van der Waals surface area contributed by atoms with E-state index < -0.39 is 29.1 Å². The third kappa shape index (κ3) is 5.64. The first-order valence-electron chi connectivity index (χ1n) is 11.0. The molecule has 3 unspecified atom stereocenters. The Morgan fingerprint density at radius 3 is 2.41 bits per heavy atom. The second kappa shape index (κ2) is 10.1. The fourth-order valence-electron chi connectivity index (χ4n) is 4.32. The zero-order chi connectivity index (χ0) is 23.4. The molecule has 1 aliphatic rings. The Balaban J connectivity index is 1.64. The van der Waals surface area contributed by atoms with Gasteiger partial charge in [-0.05, 0) is 73.4 Å². The highest BCUT2D eigenvalue weighted by atomic mass is 19.1. The van der Waals surface area contributed by atoms with Crippen LogP contribution in [0.2, 0.25) is 0 Å². The van der Waals surface area contributed by atoms with Crippen molar-refractivity contribution in [1.29, 1.82) is 0 Å². The average molecular weight is 445 g/mol. The van der Waals surface area contributed by atoms with Crippen LogP contribution in [0.3, 0.4) is 0 Å². The van der Waals surface area contributed by atoms with Crippen molar-refractivity contribution >= 4 is 17.6 Å². The van der Waals surface area contributed by atoms with Crippen molar-refractivity contribution < 1.29 is 23.1 Å². The van der Waals surface area contributed by atoms with Gasteiger partial charge in [0.05, 0.1) is 0 Å². The van der Waals surface area contributed by atoms with E-state index >= 15 is 0 Å². The molecule has 0 spiro atoms. The second-order valence-corrected chi connectivity index (χ2v) is 8.97. The van der Waals surface area contributed by atoms with Crippen LogP contribution in [0.25, 0.3) is 0 Å². The topological polar surface area (TPSA) is 67.4 Å². The van der Waals surface area contributed by atoms with Crippen LogP contribution in [-0.2, 0) is 0 Å². The molecule has 2 aromatic rings. The molecule has 3 amide bonds. The summed E-state index contributed by atoms with van der Waals surface area (Å²) >= 11 is 0. The van der Waals surface area contributed by atoms with Crippen LogP contribution in [0.5, 0.6) is 5.75 Å². The number of carbonyl (C=O) groups is 2. The number of urea groups is 1. The van der Waals surface area contributed by atoms with Crippen LogP contribution >= 0.6 is 0 Å². The number of amides is 3. The Bertz CT molecular complexity index is 973. The number of nitrogens with one attached hydrogen (secondary N) is 2. The Morgan fingerprint density at radius 2 is 1.78 bits per heavy atom. The van der Waals surface area contributed by atoms with Gasteiger partial charge in [-0.15, -0.1) is 0 Å². The smallest absolute Gasteiger partial charge is 0.326 e. The quantitative estimate of drug-likeness (QED) is 0.588. The highest BCUT2D eigenvalue weighted by Crippen LogP contribution is 2.37. The lowest BCUT2D eigenvalue weighted by Crippen LogP contribution is -2.36. The minimum Gasteiger partial charge on any atom is -0.490 e. The van der Waals surface area contributed by atoms with Gasteiger partial charge in [-0.1, -0.05) is 33.3 Å². The number of carbonyl (C=O) groups excluding carboxylic acids is 2. The van der Waals surface area contributed by atoms with Crippen molar-refractivity contribution in [3.05, 3.63) is 59.2 Å². The molecule has 0 radical (unpaired) electrons. The lowest BCUT2D eigenvalue weighted by Gasteiger charge is -2.37. The van der Waals surface area contributed by atoms with Crippen LogP contribution in [-0.4, -0.2) is 18.0 Å². The molecule has 0 aliphatic heterocycles. The number of rotatable bonds is 5. The van der Waals surface area contributed by atoms with Crippen molar-refractivity contribution in [1.82, 2.24) is 5.32 Å². The molecule has 0 heterocycles. The highest BCUT2D eigenvalue weighted by Gasteiger charge is 2.32. The minimum atomic E-state index is -1.15. The van der Waals surface area contributed by atoms with Gasteiger partial charge in [-0.2, -0.15) is 0 Å². The molecule has 1 aliphatic carbocycles. The summed E-state index contributed by atoms with van der Waals surface area (Å²) in [7, 11) is 0. The largest absolute Gasteiger partial charge is 0.490 e. The molecule has 2 aromatic carbocycles. The summed E-state index contributed by atoms with van der Waals surface area (Å²) in [6.45, 7) is 8.59. The van der Waals surface area contributed by atoms with Gasteiger partial charge < -0.3 is 10.1 Å². The molecular formula is C25H30F2N2O3. The summed E-state index contributed by atoms with van der Waals surface area (Å²) in [5, 5.41) is 4.46. The minimum absolute atomic E-state index is 0.146. The molecule has 0 bridgehead atoms. The van der Waals surface area contributed by atoms with E-state index in [0.717, 1.165) is 42.4 Å². The SMILES string of the molecule is Cc1cc(NC(=O)NC(=O)c2c(F)cccc2F)ccc1OC1CC(C)CCC1C(C)C. The first-order valence-corrected chi connectivity index (χ1v) is 11.0. The van der Waals surface area contributed by atoms with Gasteiger partial charge in [0.1, 0.15) is 29.1 Å². The van der Waals surface area contributed by atoms with E-state index in [1.54, 1.807) is 18.2 Å². The maximum Gasteiger partial charge on any atom is 0.326 e. The highest BCUT2D eigenvalue weighted by molar-refractivity contribution is 6.08. The van der Waals surface area contributed by atoms with Gasteiger partial charge in [-0.3, -0.25) is 10.1 Å². The van der Waals surface area contributed by atoms with E-state index in [2.05, 4.69) is 26.1 Å². The lowest BCUT2D eigenvalue weighted by atomic mass is 9.75. The monoisotopic (exact) mass is 444 g/mol. The van der Waals surface area contributed by atoms with Crippen LogP contribution in [0, 0.1) is 36.3 Å². The number of benzene rings is 2. The van der Waals surface area contributed by atoms with Gasteiger partial charge in [0.25, 0.3) is 5.91 Å². The molecule has 0 saturated heterocycles. The van der Waals surface area contributed by atoms with Gasteiger partial charge >= 0.3 is 6.03 Å². The molecule has 3 atom stereocenters. The molecule has 1 saturated carbocycles. The van der Waals surface area contributed by atoms with E-state index in [1.807, 2.05) is 12.2 Å². The summed E-state index contributed by atoms with van der Waals surface area (Å²) in [6.07, 6.45) is 3.53. The summed E-state index contributed by atoms with van der Waals surface area (Å²) < 4.78 is 33.8. The molecule has 2 N–H and O–H groups in total. The number of anilines is 1. The summed E-state index contributed by atoms with van der Waals surface area (Å²) in [5.41, 5.74) is 0.477. The average Bonchev–Trinajstić information content (AvgIpc) is 2.69. The number of hydrogen-bond donors (Lipinski definition) is 2. The van der Waals surface area contributed by atoms with Crippen LogP contribution in [0.1, 0.15) is 56.0 Å². The van der Waals surface area contributed by atoms with Crippen molar-refractivity contribution in [2.75, 3.05) is 5.32 Å². The van der Waals surface area contributed by atoms with Crippen molar-refractivity contribution in [3.63, 3.8) is 0 Å². The van der Waals surface area contributed by atoms with Gasteiger partial charge in [0, 0.05) is 5.69 Å². The summed E-state index contributed by atoms with van der Waals surface area (Å²) in [4.78, 5) is 24.2. The molecule has 172 valence electrons. The number of halogens is 2. The van der Waals surface area contributed by atoms with Gasteiger partial charge in [0.2, 0.25) is 0 Å². The number of imide groups is 1. The Labute approximate surface area is 187 Å². The first kappa shape index (κ1) is 23.7. The number of hydrogen-bond acceptors (Lipinski definition) is 3. The lowest BCUT2D eigenvalue weighted by molar-refractivity contribution is 0.0455. The fraction of sp³-hybridized carbons (Fsp3) is 0.440. The predicted octanol–water partition coefficient (Wildman–Crippen LogP) is 6.07. The molecule has 32 heavy (non-hydrogen) atoms. The molecule has 0 aromatic heterocycles. The Hall–Kier alpha value is -2.96. The number of ether oxygens (including phenoxy) is 1. The predicted molar refractivity (Wildman–Crippen MR) is 120 cm³/mol. The van der Waals surface area contributed by atoms with E-state index in [1.165, 1.54) is 6.42 Å². The van der Waals surface area contributed by atoms with Gasteiger partial charge in [0.15, 0.2) is 0 Å². The molecular weight excluding hydrogens is 414 g/mol. The Kier molecular flexibility index (Phi) is 7.48. The fourth-order valence-corrected chi connectivity index (χ4v) is 4.32. The molecule has 7 heteroatoms. The maximum absolute atomic E-state index is 13.7. The second-order valence-electron chi connectivity index (χ2n) is 8.97. The van der Waals surface area contributed by atoms with Gasteiger partial charge in [-0.25, -0.2) is 13.6 Å². The molecule has 1 fully saturated rings. The normalized spacial score (nSPS) is 20.7. The zero-order valence-corrected chi connectivity index (χ0v) is 18.9. The van der Waals surface area contributed by atoms with E-state index in [-0.39, 0.29) is 6.10 Å². The standard InChI is InChI=1S/C25H30F2N2O3/c1-14(2)18-10-8-15(3)12-22(18)32-21-11-9-17(13-16(21)4)28-25(31)29-24(30)23-19(26)6-5-7-20(23)27/h5-7,9,11,13-15,18,22H,8,10,12H2,1-4H3,(H2,28,29,30,31). The van der Waals surface area contributed by atoms with E-state index in [4.69, 9.17) is 4.74 Å². The van der Waals surface area contributed by atoms with Crippen molar-refractivity contribution in [2.45, 2.75) is 53.1 Å². The van der Waals surface area contributed by atoms with Crippen LogP contribution in [0.15, 0.2) is 36.4 Å². The summed E-state index contributed by atoms with van der Waals surface area (Å²) in [6, 6.07) is 7.37. The van der Waals surface area contributed by atoms with Crippen LogP contribution in [0.4, 0.5) is 19.3 Å². The zero-order valence-electron chi connectivity index (χ0n) is 18.9. The van der Waals surface area contributed by atoms with Crippen LogP contribution < -0.4 is 15.4 Å². The Morgan fingerprint density at radius 1 is 1.09 bits per heavy atom. The summed E-state index contributed by atoms with van der Waals surface area (Å²) in [5.74, 6) is -0.815. The van der Waals surface area contributed by atoms with E-state index in [0.29, 0.717) is 23.4 Å². The third-order valence-corrected chi connectivity index (χ3v) is 6.09. The van der Waals surface area contributed by atoms with Crippen molar-refractivity contribution in [2.24, 2.45) is 17.8 Å². The first-order chi connectivity index (χ1) is 15.2. The number of aryl methyl sites for hydroxylation is 1. The maximum atomic E-state index is 13.7. The van der Waals surface area contributed by atoms with E-state index in [9.17, 15) is 18.4 Å². The molecule has 5 nitrogen and oxygen atoms in total.